The molecule has 0 aliphatic carbocycles. The molecule has 0 radical (unpaired) electrons. The Hall–Kier alpha value is -1.93. The number of pyridine rings is 1. The monoisotopic (exact) mass is 295 g/mol. The number of nitrogens with zero attached hydrogens (tertiary/aromatic N) is 3. The molecule has 2 aromatic rings. The molecule has 108 valence electrons. The van der Waals surface area contributed by atoms with E-state index in [1.807, 2.05) is 7.05 Å². The van der Waals surface area contributed by atoms with Gasteiger partial charge in [0.2, 0.25) is 0 Å². The van der Waals surface area contributed by atoms with Crippen molar-refractivity contribution < 1.29 is 8.42 Å². The average Bonchev–Trinajstić information content (AvgIpc) is 2.88. The van der Waals surface area contributed by atoms with E-state index < -0.39 is 10.0 Å². The smallest absolute Gasteiger partial charge is 0.265 e. The molecule has 0 aliphatic heterocycles. The van der Waals surface area contributed by atoms with Crippen molar-refractivity contribution in [1.82, 2.24) is 20.1 Å². The normalized spacial score (nSPS) is 11.5. The molecular weight excluding hydrogens is 278 g/mol. The van der Waals surface area contributed by atoms with E-state index in [0.717, 1.165) is 6.54 Å². The fraction of sp³-hybridized carbons (Fsp3) is 0.333. The molecule has 0 atom stereocenters. The maximum absolute atomic E-state index is 12.2. The van der Waals surface area contributed by atoms with Gasteiger partial charge in [-0.15, -0.1) is 0 Å². The summed E-state index contributed by atoms with van der Waals surface area (Å²) < 4.78 is 28.6. The Kier molecular flexibility index (Phi) is 4.35. The van der Waals surface area contributed by atoms with Crippen molar-refractivity contribution in [3.8, 4) is 0 Å². The van der Waals surface area contributed by atoms with Gasteiger partial charge in [-0.05, 0) is 26.1 Å². The third-order valence-electron chi connectivity index (χ3n) is 2.76. The fourth-order valence-electron chi connectivity index (χ4n) is 1.63. The zero-order chi connectivity index (χ0) is 14.6. The molecule has 0 bridgehead atoms. The quantitative estimate of drug-likeness (QED) is 0.815. The van der Waals surface area contributed by atoms with E-state index in [1.165, 1.54) is 12.4 Å². The standard InChI is InChI=1S/C12H17N5O2S/c1-10-12(4-3-5-14-10)16-20(18,19)11-8-15-17(9-11)7-6-13-2/h3-5,8-9,13,16H,6-7H2,1-2H3. The van der Waals surface area contributed by atoms with E-state index in [-0.39, 0.29) is 4.90 Å². The van der Waals surface area contributed by atoms with Gasteiger partial charge in [0.1, 0.15) is 4.90 Å². The first kappa shape index (κ1) is 14.5. The highest BCUT2D eigenvalue weighted by molar-refractivity contribution is 7.92. The minimum absolute atomic E-state index is 0.136. The molecule has 0 aromatic carbocycles. The summed E-state index contributed by atoms with van der Waals surface area (Å²) in [5.74, 6) is 0. The van der Waals surface area contributed by atoms with Crippen molar-refractivity contribution in [1.29, 1.82) is 0 Å². The minimum atomic E-state index is -3.63. The Morgan fingerprint density at radius 1 is 1.40 bits per heavy atom. The molecule has 20 heavy (non-hydrogen) atoms. The van der Waals surface area contributed by atoms with Crippen LogP contribution in [-0.4, -0.2) is 36.8 Å². The highest BCUT2D eigenvalue weighted by Crippen LogP contribution is 2.17. The van der Waals surface area contributed by atoms with Gasteiger partial charge in [0.25, 0.3) is 10.0 Å². The maximum atomic E-state index is 12.2. The second-order valence-electron chi connectivity index (χ2n) is 4.28. The van der Waals surface area contributed by atoms with Gasteiger partial charge in [0.05, 0.1) is 24.1 Å². The van der Waals surface area contributed by atoms with Crippen molar-refractivity contribution in [3.63, 3.8) is 0 Å². The van der Waals surface area contributed by atoms with Crippen LogP contribution in [0.1, 0.15) is 5.69 Å². The predicted molar refractivity (Wildman–Crippen MR) is 75.9 cm³/mol. The van der Waals surface area contributed by atoms with E-state index in [9.17, 15) is 8.42 Å². The minimum Gasteiger partial charge on any atom is -0.318 e. The number of likely N-dealkylation sites (N-methyl/N-ethyl adjacent to an activating group) is 1. The lowest BCUT2D eigenvalue weighted by molar-refractivity contribution is 0.582. The lowest BCUT2D eigenvalue weighted by Gasteiger charge is -2.07. The summed E-state index contributed by atoms with van der Waals surface area (Å²) in [5.41, 5.74) is 1.09. The van der Waals surface area contributed by atoms with Crippen LogP contribution in [-0.2, 0) is 16.6 Å². The molecule has 0 fully saturated rings. The molecule has 7 nitrogen and oxygen atoms in total. The zero-order valence-electron chi connectivity index (χ0n) is 11.4. The van der Waals surface area contributed by atoms with Gasteiger partial charge in [0, 0.05) is 18.9 Å². The Balaban J connectivity index is 2.18. The molecule has 0 spiro atoms. The first-order chi connectivity index (χ1) is 9.53. The maximum Gasteiger partial charge on any atom is 0.265 e. The molecule has 2 heterocycles. The number of nitrogens with one attached hydrogen (secondary N) is 2. The lowest BCUT2D eigenvalue weighted by atomic mass is 10.3. The second kappa shape index (κ2) is 6.02. The van der Waals surface area contributed by atoms with E-state index in [0.29, 0.717) is 17.9 Å². The molecule has 0 saturated heterocycles. The van der Waals surface area contributed by atoms with E-state index in [4.69, 9.17) is 0 Å². The molecule has 8 heteroatoms. The molecule has 2 aromatic heterocycles. The second-order valence-corrected chi connectivity index (χ2v) is 5.97. The highest BCUT2D eigenvalue weighted by Gasteiger charge is 2.17. The fourth-order valence-corrected chi connectivity index (χ4v) is 2.70. The van der Waals surface area contributed by atoms with Crippen LogP contribution in [0.3, 0.4) is 0 Å². The van der Waals surface area contributed by atoms with Crippen molar-refractivity contribution in [3.05, 3.63) is 36.4 Å². The molecule has 0 unspecified atom stereocenters. The van der Waals surface area contributed by atoms with Crippen LogP contribution in [0, 0.1) is 6.92 Å². The zero-order valence-corrected chi connectivity index (χ0v) is 12.2. The van der Waals surface area contributed by atoms with E-state index in [1.54, 1.807) is 29.9 Å². The molecule has 2 rings (SSSR count). The molecule has 2 N–H and O–H groups in total. The van der Waals surface area contributed by atoms with Crippen LogP contribution in [0.25, 0.3) is 0 Å². The van der Waals surface area contributed by atoms with Gasteiger partial charge < -0.3 is 5.32 Å². The van der Waals surface area contributed by atoms with E-state index in [2.05, 4.69) is 20.1 Å². The summed E-state index contributed by atoms with van der Waals surface area (Å²) in [7, 11) is -1.81. The van der Waals surface area contributed by atoms with E-state index >= 15 is 0 Å². The molecule has 0 saturated carbocycles. The number of aromatic nitrogens is 3. The van der Waals surface area contributed by atoms with Crippen LogP contribution in [0.5, 0.6) is 0 Å². The highest BCUT2D eigenvalue weighted by atomic mass is 32.2. The number of anilines is 1. The van der Waals surface area contributed by atoms with Crippen LogP contribution in [0.4, 0.5) is 5.69 Å². The van der Waals surface area contributed by atoms with Crippen molar-refractivity contribution >= 4 is 15.7 Å². The summed E-state index contributed by atoms with van der Waals surface area (Å²) >= 11 is 0. The predicted octanol–water partition coefficient (Wildman–Crippen LogP) is 0.607. The summed E-state index contributed by atoms with van der Waals surface area (Å²) in [5, 5.41) is 7.00. The Labute approximate surface area is 118 Å². The summed E-state index contributed by atoms with van der Waals surface area (Å²) in [6.45, 7) is 3.07. The Morgan fingerprint density at radius 2 is 2.20 bits per heavy atom. The summed E-state index contributed by atoms with van der Waals surface area (Å²) in [6.07, 6.45) is 4.46. The molecule has 0 amide bonds. The van der Waals surface area contributed by atoms with Gasteiger partial charge in [-0.25, -0.2) is 8.42 Å². The Bertz CT molecular complexity index is 681. The van der Waals surface area contributed by atoms with Crippen LogP contribution < -0.4 is 10.0 Å². The van der Waals surface area contributed by atoms with Gasteiger partial charge in [-0.3, -0.25) is 14.4 Å². The third-order valence-corrected chi connectivity index (χ3v) is 4.08. The SMILES string of the molecule is CNCCn1cc(S(=O)(=O)Nc2cccnc2C)cn1. The van der Waals surface area contributed by atoms with Gasteiger partial charge in [0.15, 0.2) is 0 Å². The number of rotatable bonds is 6. The number of hydrogen-bond acceptors (Lipinski definition) is 5. The van der Waals surface area contributed by atoms with Gasteiger partial charge in [-0.1, -0.05) is 0 Å². The topological polar surface area (TPSA) is 88.9 Å². The van der Waals surface area contributed by atoms with Crippen LogP contribution in [0.2, 0.25) is 0 Å². The van der Waals surface area contributed by atoms with Crippen LogP contribution in [0.15, 0.2) is 35.6 Å². The Morgan fingerprint density at radius 3 is 2.90 bits per heavy atom. The summed E-state index contributed by atoms with van der Waals surface area (Å²) in [6, 6.07) is 3.35. The third kappa shape index (κ3) is 3.34. The largest absolute Gasteiger partial charge is 0.318 e. The first-order valence-electron chi connectivity index (χ1n) is 6.14. The lowest BCUT2D eigenvalue weighted by Crippen LogP contribution is -2.15. The van der Waals surface area contributed by atoms with Gasteiger partial charge in [-0.2, -0.15) is 5.10 Å². The first-order valence-corrected chi connectivity index (χ1v) is 7.63. The van der Waals surface area contributed by atoms with Crippen LogP contribution >= 0.6 is 0 Å². The summed E-state index contributed by atoms with van der Waals surface area (Å²) in [4.78, 5) is 4.18. The molecular formula is C12H17N5O2S. The van der Waals surface area contributed by atoms with Crippen molar-refractivity contribution in [2.75, 3.05) is 18.3 Å². The number of aryl methyl sites for hydroxylation is 1. The van der Waals surface area contributed by atoms with Crippen molar-refractivity contribution in [2.24, 2.45) is 0 Å². The number of hydrogen-bond donors (Lipinski definition) is 2. The molecule has 0 aliphatic rings. The average molecular weight is 295 g/mol. The number of sulfonamides is 1. The van der Waals surface area contributed by atoms with Crippen molar-refractivity contribution in [2.45, 2.75) is 18.4 Å². The van der Waals surface area contributed by atoms with Gasteiger partial charge >= 0.3 is 0 Å².